The van der Waals surface area contributed by atoms with Gasteiger partial charge in [-0.15, -0.1) is 0 Å². The summed E-state index contributed by atoms with van der Waals surface area (Å²) in [5.41, 5.74) is 1.51. The van der Waals surface area contributed by atoms with Crippen molar-refractivity contribution in [1.29, 1.82) is 5.26 Å². The normalized spacial score (nSPS) is 22.3. The molecule has 2 rings (SSSR count). The van der Waals surface area contributed by atoms with Gasteiger partial charge in [-0.1, -0.05) is 26.0 Å². The molecule has 0 radical (unpaired) electrons. The highest BCUT2D eigenvalue weighted by molar-refractivity contribution is 5.81. The Morgan fingerprint density at radius 3 is 2.78 bits per heavy atom. The second-order valence-corrected chi connectivity index (χ2v) is 5.79. The highest BCUT2D eigenvalue weighted by Gasteiger charge is 2.32. The fourth-order valence-electron chi connectivity index (χ4n) is 2.72. The molecule has 1 atom stereocenters. The van der Waals surface area contributed by atoms with Crippen molar-refractivity contribution in [3.8, 4) is 6.07 Å². The molecule has 0 heterocycles. The summed E-state index contributed by atoms with van der Waals surface area (Å²) < 4.78 is 0. The SMILES string of the molecule is CC1(C)CC(=O)CC(Nc2ccccc2C#N)C1. The number of rotatable bonds is 2. The predicted octanol–water partition coefficient (Wildman–Crippen LogP) is 3.12. The molecule has 0 bridgehead atoms. The molecule has 1 fully saturated rings. The number of benzene rings is 1. The maximum Gasteiger partial charge on any atom is 0.135 e. The number of nitrogens with one attached hydrogen (secondary N) is 1. The number of Topliss-reactive ketones (excluding diaryl/α,β-unsaturated/α-hetero) is 1. The number of hydrogen-bond donors (Lipinski definition) is 1. The lowest BCUT2D eigenvalue weighted by Gasteiger charge is -2.35. The van der Waals surface area contributed by atoms with Gasteiger partial charge in [0.1, 0.15) is 11.9 Å². The lowest BCUT2D eigenvalue weighted by molar-refractivity contribution is -0.123. The third kappa shape index (κ3) is 2.89. The van der Waals surface area contributed by atoms with Crippen LogP contribution in [0.1, 0.15) is 38.7 Å². The van der Waals surface area contributed by atoms with Crippen molar-refractivity contribution in [3.05, 3.63) is 29.8 Å². The average molecular weight is 242 g/mol. The van der Waals surface area contributed by atoms with Crippen molar-refractivity contribution in [2.24, 2.45) is 5.41 Å². The van der Waals surface area contributed by atoms with Crippen LogP contribution in [0.4, 0.5) is 5.69 Å². The summed E-state index contributed by atoms with van der Waals surface area (Å²) in [5, 5.41) is 12.4. The van der Waals surface area contributed by atoms with Crippen molar-refractivity contribution < 1.29 is 4.79 Å². The minimum absolute atomic E-state index is 0.0502. The summed E-state index contributed by atoms with van der Waals surface area (Å²) in [6, 6.07) is 9.74. The minimum Gasteiger partial charge on any atom is -0.381 e. The first-order valence-electron chi connectivity index (χ1n) is 6.27. The van der Waals surface area contributed by atoms with Crippen LogP contribution >= 0.6 is 0 Å². The minimum atomic E-state index is 0.0502. The molecule has 94 valence electrons. The van der Waals surface area contributed by atoms with Crippen molar-refractivity contribution in [3.63, 3.8) is 0 Å². The van der Waals surface area contributed by atoms with Gasteiger partial charge in [0.05, 0.1) is 11.3 Å². The number of carbonyl (C=O) groups is 1. The molecule has 1 aliphatic carbocycles. The smallest absolute Gasteiger partial charge is 0.135 e. The number of hydrogen-bond acceptors (Lipinski definition) is 3. The molecule has 1 aliphatic rings. The van der Waals surface area contributed by atoms with Crippen molar-refractivity contribution in [2.45, 2.75) is 39.2 Å². The van der Waals surface area contributed by atoms with Crippen LogP contribution in [0, 0.1) is 16.7 Å². The Labute approximate surface area is 108 Å². The molecule has 0 spiro atoms. The number of nitrogens with zero attached hydrogens (tertiary/aromatic N) is 1. The van der Waals surface area contributed by atoms with Gasteiger partial charge < -0.3 is 5.32 Å². The maximum absolute atomic E-state index is 11.7. The third-order valence-electron chi connectivity index (χ3n) is 3.36. The van der Waals surface area contributed by atoms with Gasteiger partial charge in [0.25, 0.3) is 0 Å². The summed E-state index contributed by atoms with van der Waals surface area (Å²) in [6.07, 6.45) is 2.17. The number of carbonyl (C=O) groups excluding carboxylic acids is 1. The first-order chi connectivity index (χ1) is 8.50. The molecule has 3 heteroatoms. The lowest BCUT2D eigenvalue weighted by Crippen LogP contribution is -2.36. The van der Waals surface area contributed by atoms with E-state index in [1.54, 1.807) is 6.07 Å². The molecule has 0 saturated heterocycles. The zero-order valence-corrected chi connectivity index (χ0v) is 10.9. The van der Waals surface area contributed by atoms with Gasteiger partial charge in [-0.3, -0.25) is 4.79 Å². The molecule has 0 amide bonds. The van der Waals surface area contributed by atoms with Gasteiger partial charge in [-0.25, -0.2) is 0 Å². The molecule has 1 aromatic carbocycles. The Bertz CT molecular complexity index is 499. The first kappa shape index (κ1) is 12.6. The average Bonchev–Trinajstić information content (AvgIpc) is 2.27. The van der Waals surface area contributed by atoms with Crippen LogP contribution in [-0.4, -0.2) is 11.8 Å². The Kier molecular flexibility index (Phi) is 3.38. The van der Waals surface area contributed by atoms with Gasteiger partial charge in [0.15, 0.2) is 0 Å². The fourth-order valence-corrected chi connectivity index (χ4v) is 2.72. The van der Waals surface area contributed by atoms with E-state index >= 15 is 0 Å². The van der Waals surface area contributed by atoms with E-state index in [1.165, 1.54) is 0 Å². The van der Waals surface area contributed by atoms with E-state index in [-0.39, 0.29) is 11.5 Å². The molecule has 1 aromatic rings. The van der Waals surface area contributed by atoms with Crippen LogP contribution in [0.3, 0.4) is 0 Å². The fraction of sp³-hybridized carbons (Fsp3) is 0.467. The molecule has 3 nitrogen and oxygen atoms in total. The van der Waals surface area contributed by atoms with Crippen LogP contribution in [0.2, 0.25) is 0 Å². The molecule has 1 N–H and O–H groups in total. The highest BCUT2D eigenvalue weighted by Crippen LogP contribution is 2.34. The molecule has 0 aliphatic heterocycles. The summed E-state index contributed by atoms with van der Waals surface area (Å²) in [5.74, 6) is 0.304. The van der Waals surface area contributed by atoms with Gasteiger partial charge in [-0.2, -0.15) is 5.26 Å². The predicted molar refractivity (Wildman–Crippen MR) is 71.2 cm³/mol. The van der Waals surface area contributed by atoms with Crippen LogP contribution in [-0.2, 0) is 4.79 Å². The Morgan fingerprint density at radius 1 is 1.39 bits per heavy atom. The highest BCUT2D eigenvalue weighted by atomic mass is 16.1. The summed E-state index contributed by atoms with van der Waals surface area (Å²) in [7, 11) is 0. The van der Waals surface area contributed by atoms with E-state index < -0.39 is 0 Å². The van der Waals surface area contributed by atoms with Crippen LogP contribution in [0.15, 0.2) is 24.3 Å². The van der Waals surface area contributed by atoms with Crippen molar-refractivity contribution in [1.82, 2.24) is 0 Å². The third-order valence-corrected chi connectivity index (χ3v) is 3.36. The van der Waals surface area contributed by atoms with E-state index in [9.17, 15) is 4.79 Å². The zero-order valence-electron chi connectivity index (χ0n) is 10.9. The quantitative estimate of drug-likeness (QED) is 0.866. The van der Waals surface area contributed by atoms with Gasteiger partial charge in [0, 0.05) is 18.9 Å². The Balaban J connectivity index is 2.14. The number of nitriles is 1. The number of anilines is 1. The van der Waals surface area contributed by atoms with Crippen LogP contribution in [0.25, 0.3) is 0 Å². The zero-order chi connectivity index (χ0) is 13.2. The number of ketones is 1. The summed E-state index contributed by atoms with van der Waals surface area (Å²) >= 11 is 0. The summed E-state index contributed by atoms with van der Waals surface area (Å²) in [4.78, 5) is 11.7. The van der Waals surface area contributed by atoms with Crippen LogP contribution in [0.5, 0.6) is 0 Å². The largest absolute Gasteiger partial charge is 0.381 e. The molecular formula is C15H18N2O. The van der Waals surface area contributed by atoms with E-state index in [0.717, 1.165) is 12.1 Å². The lowest BCUT2D eigenvalue weighted by atomic mass is 9.74. The maximum atomic E-state index is 11.7. The first-order valence-corrected chi connectivity index (χ1v) is 6.27. The van der Waals surface area contributed by atoms with Crippen LogP contribution < -0.4 is 5.32 Å². The molecule has 1 saturated carbocycles. The van der Waals surface area contributed by atoms with Gasteiger partial charge >= 0.3 is 0 Å². The molecule has 1 unspecified atom stereocenters. The second kappa shape index (κ2) is 4.81. The van der Waals surface area contributed by atoms with Crippen molar-refractivity contribution in [2.75, 3.05) is 5.32 Å². The molecular weight excluding hydrogens is 224 g/mol. The van der Waals surface area contributed by atoms with E-state index in [0.29, 0.717) is 24.2 Å². The van der Waals surface area contributed by atoms with Gasteiger partial charge in [0.2, 0.25) is 0 Å². The van der Waals surface area contributed by atoms with Crippen molar-refractivity contribution >= 4 is 11.5 Å². The summed E-state index contributed by atoms with van der Waals surface area (Å²) in [6.45, 7) is 4.24. The molecule has 0 aromatic heterocycles. The topological polar surface area (TPSA) is 52.9 Å². The number of para-hydroxylation sites is 1. The Morgan fingerprint density at radius 2 is 2.11 bits per heavy atom. The van der Waals surface area contributed by atoms with Gasteiger partial charge in [-0.05, 0) is 24.0 Å². The van der Waals surface area contributed by atoms with E-state index in [4.69, 9.17) is 5.26 Å². The molecule has 18 heavy (non-hydrogen) atoms. The Hall–Kier alpha value is -1.82. The monoisotopic (exact) mass is 242 g/mol. The second-order valence-electron chi connectivity index (χ2n) is 5.79. The van der Waals surface area contributed by atoms with E-state index in [2.05, 4.69) is 25.2 Å². The van der Waals surface area contributed by atoms with E-state index in [1.807, 2.05) is 18.2 Å². The standard InChI is InChI=1S/C15H18N2O/c1-15(2)8-12(7-13(18)9-15)17-14-6-4-3-5-11(14)10-16/h3-6,12,17H,7-9H2,1-2H3.